The number of hydrogen-bond donors (Lipinski definition) is 1. The summed E-state index contributed by atoms with van der Waals surface area (Å²) in [7, 11) is 1.93. The molecule has 3 aromatic heterocycles. The average Bonchev–Trinajstić information content (AvgIpc) is 3.11. The van der Waals surface area contributed by atoms with Crippen molar-refractivity contribution in [2.75, 3.05) is 7.05 Å². The van der Waals surface area contributed by atoms with Gasteiger partial charge in [0.05, 0.1) is 4.88 Å². The molecule has 19 heavy (non-hydrogen) atoms. The summed E-state index contributed by atoms with van der Waals surface area (Å²) in [5.41, 5.74) is 2.15. The maximum atomic E-state index is 4.55. The second-order valence-electron chi connectivity index (χ2n) is 4.18. The minimum atomic E-state index is 0.826. The summed E-state index contributed by atoms with van der Waals surface area (Å²) in [5, 5.41) is 9.71. The third kappa shape index (κ3) is 2.57. The Morgan fingerprint density at radius 2 is 2.21 bits per heavy atom. The number of nitrogens with zero attached hydrogens (tertiary/aromatic N) is 3. The highest BCUT2D eigenvalue weighted by molar-refractivity contribution is 7.13. The van der Waals surface area contributed by atoms with Gasteiger partial charge in [-0.3, -0.25) is 0 Å². The van der Waals surface area contributed by atoms with Gasteiger partial charge >= 0.3 is 0 Å². The van der Waals surface area contributed by atoms with Crippen molar-refractivity contribution in [1.82, 2.24) is 20.1 Å². The minimum absolute atomic E-state index is 0.826. The van der Waals surface area contributed by atoms with E-state index in [4.69, 9.17) is 0 Å². The third-order valence-electron chi connectivity index (χ3n) is 2.79. The smallest absolute Gasteiger partial charge is 0.153 e. The molecule has 3 rings (SSSR count). The van der Waals surface area contributed by atoms with Crippen molar-refractivity contribution in [1.29, 1.82) is 0 Å². The van der Waals surface area contributed by atoms with Gasteiger partial charge in [0.2, 0.25) is 0 Å². The van der Waals surface area contributed by atoms with Crippen molar-refractivity contribution in [3.63, 3.8) is 0 Å². The minimum Gasteiger partial charge on any atom is -0.316 e. The van der Waals surface area contributed by atoms with Crippen molar-refractivity contribution < 1.29 is 0 Å². The van der Waals surface area contributed by atoms with Crippen LogP contribution in [0, 0.1) is 0 Å². The fraction of sp³-hybridized carbons (Fsp3) is 0.143. The standard InChI is InChI=1S/C14H14N4S/c1-15-9-11-4-5-14(16-10-11)18-7-6-12(17-18)13-3-2-8-19-13/h2-8,10,15H,9H2,1H3. The van der Waals surface area contributed by atoms with Gasteiger partial charge < -0.3 is 5.32 Å². The molecule has 4 nitrogen and oxygen atoms in total. The largest absolute Gasteiger partial charge is 0.316 e. The first kappa shape index (κ1) is 12.1. The Balaban J connectivity index is 1.86. The number of thiophene rings is 1. The van der Waals surface area contributed by atoms with Gasteiger partial charge in [-0.15, -0.1) is 11.3 Å². The lowest BCUT2D eigenvalue weighted by Crippen LogP contribution is -2.06. The number of aromatic nitrogens is 3. The van der Waals surface area contributed by atoms with E-state index in [1.165, 1.54) is 4.88 Å². The molecule has 0 atom stereocenters. The zero-order valence-electron chi connectivity index (χ0n) is 10.6. The van der Waals surface area contributed by atoms with Crippen molar-refractivity contribution in [2.24, 2.45) is 0 Å². The third-order valence-corrected chi connectivity index (χ3v) is 3.68. The predicted octanol–water partition coefficient (Wildman–Crippen LogP) is 2.72. The van der Waals surface area contributed by atoms with E-state index in [1.807, 2.05) is 37.6 Å². The molecular weight excluding hydrogens is 256 g/mol. The second-order valence-corrected chi connectivity index (χ2v) is 5.13. The van der Waals surface area contributed by atoms with Crippen LogP contribution < -0.4 is 5.32 Å². The number of nitrogens with one attached hydrogen (secondary N) is 1. The van der Waals surface area contributed by atoms with E-state index in [1.54, 1.807) is 16.0 Å². The van der Waals surface area contributed by atoms with E-state index in [0.717, 1.165) is 23.6 Å². The molecule has 3 heterocycles. The Morgan fingerprint density at radius 1 is 1.26 bits per heavy atom. The van der Waals surface area contributed by atoms with Crippen LogP contribution in [0.25, 0.3) is 16.4 Å². The van der Waals surface area contributed by atoms with E-state index < -0.39 is 0 Å². The Labute approximate surface area is 115 Å². The summed E-state index contributed by atoms with van der Waals surface area (Å²) in [6.07, 6.45) is 3.81. The highest BCUT2D eigenvalue weighted by Crippen LogP contribution is 2.23. The van der Waals surface area contributed by atoms with Gasteiger partial charge in [-0.1, -0.05) is 12.1 Å². The first-order chi connectivity index (χ1) is 9.36. The molecule has 0 aromatic carbocycles. The molecule has 0 saturated heterocycles. The molecular formula is C14H14N4S. The first-order valence-corrected chi connectivity index (χ1v) is 6.94. The molecule has 5 heteroatoms. The van der Waals surface area contributed by atoms with Crippen LogP contribution >= 0.6 is 11.3 Å². The first-order valence-electron chi connectivity index (χ1n) is 6.06. The van der Waals surface area contributed by atoms with Gasteiger partial charge in [-0.05, 0) is 36.2 Å². The maximum absolute atomic E-state index is 4.55. The molecule has 96 valence electrons. The molecule has 0 saturated carbocycles. The monoisotopic (exact) mass is 270 g/mol. The molecule has 0 radical (unpaired) electrons. The summed E-state index contributed by atoms with van der Waals surface area (Å²) in [4.78, 5) is 5.60. The summed E-state index contributed by atoms with van der Waals surface area (Å²) in [6.45, 7) is 0.826. The Bertz CT molecular complexity index is 640. The van der Waals surface area contributed by atoms with Crippen LogP contribution in [0.3, 0.4) is 0 Å². The Hall–Kier alpha value is -1.98. The lowest BCUT2D eigenvalue weighted by Gasteiger charge is -2.02. The molecule has 0 aliphatic rings. The van der Waals surface area contributed by atoms with Crippen LogP contribution in [0.1, 0.15) is 5.56 Å². The van der Waals surface area contributed by atoms with E-state index in [2.05, 4.69) is 32.9 Å². The lowest BCUT2D eigenvalue weighted by molar-refractivity contribution is 0.802. The van der Waals surface area contributed by atoms with Crippen molar-refractivity contribution in [2.45, 2.75) is 6.54 Å². The van der Waals surface area contributed by atoms with Crippen LogP contribution in [-0.4, -0.2) is 21.8 Å². The molecule has 1 N–H and O–H groups in total. The zero-order chi connectivity index (χ0) is 13.1. The van der Waals surface area contributed by atoms with Crippen LogP contribution in [0.4, 0.5) is 0 Å². The van der Waals surface area contributed by atoms with Crippen molar-refractivity contribution in [3.05, 3.63) is 53.7 Å². The molecule has 0 aliphatic heterocycles. The average molecular weight is 270 g/mol. The molecule has 0 bridgehead atoms. The van der Waals surface area contributed by atoms with Gasteiger partial charge in [0.15, 0.2) is 5.82 Å². The number of pyridine rings is 1. The van der Waals surface area contributed by atoms with Crippen molar-refractivity contribution >= 4 is 11.3 Å². The van der Waals surface area contributed by atoms with Gasteiger partial charge in [-0.25, -0.2) is 9.67 Å². The van der Waals surface area contributed by atoms with Gasteiger partial charge in [-0.2, -0.15) is 5.10 Å². The quantitative estimate of drug-likeness (QED) is 0.792. The highest BCUT2D eigenvalue weighted by Gasteiger charge is 2.05. The highest BCUT2D eigenvalue weighted by atomic mass is 32.1. The normalized spacial score (nSPS) is 10.8. The Kier molecular flexibility index (Phi) is 3.39. The van der Waals surface area contributed by atoms with Gasteiger partial charge in [0, 0.05) is 18.9 Å². The lowest BCUT2D eigenvalue weighted by atomic mass is 10.3. The predicted molar refractivity (Wildman–Crippen MR) is 77.4 cm³/mol. The summed E-state index contributed by atoms with van der Waals surface area (Å²) in [6, 6.07) is 10.2. The summed E-state index contributed by atoms with van der Waals surface area (Å²) < 4.78 is 1.80. The van der Waals surface area contributed by atoms with Crippen molar-refractivity contribution in [3.8, 4) is 16.4 Å². The van der Waals surface area contributed by atoms with Gasteiger partial charge in [0.25, 0.3) is 0 Å². The summed E-state index contributed by atoms with van der Waals surface area (Å²) in [5.74, 6) is 0.836. The molecule has 0 fully saturated rings. The SMILES string of the molecule is CNCc1ccc(-n2ccc(-c3cccs3)n2)nc1. The second kappa shape index (κ2) is 5.34. The van der Waals surface area contributed by atoms with Crippen LogP contribution in [0.2, 0.25) is 0 Å². The van der Waals surface area contributed by atoms with Crippen LogP contribution in [0.15, 0.2) is 48.1 Å². The maximum Gasteiger partial charge on any atom is 0.153 e. The van der Waals surface area contributed by atoms with Gasteiger partial charge in [0.1, 0.15) is 5.69 Å². The molecule has 0 aliphatic carbocycles. The van der Waals surface area contributed by atoms with Crippen LogP contribution in [-0.2, 0) is 6.54 Å². The van der Waals surface area contributed by atoms with E-state index >= 15 is 0 Å². The van der Waals surface area contributed by atoms with E-state index in [-0.39, 0.29) is 0 Å². The molecule has 0 spiro atoms. The fourth-order valence-corrected chi connectivity index (χ4v) is 2.56. The molecule has 0 unspecified atom stereocenters. The number of rotatable bonds is 4. The topological polar surface area (TPSA) is 42.7 Å². The van der Waals surface area contributed by atoms with E-state index in [9.17, 15) is 0 Å². The zero-order valence-corrected chi connectivity index (χ0v) is 11.4. The van der Waals surface area contributed by atoms with E-state index in [0.29, 0.717) is 0 Å². The Morgan fingerprint density at radius 3 is 2.89 bits per heavy atom. The number of hydrogen-bond acceptors (Lipinski definition) is 4. The molecule has 0 amide bonds. The fourth-order valence-electron chi connectivity index (χ4n) is 1.87. The summed E-state index contributed by atoms with van der Waals surface area (Å²) >= 11 is 1.69. The van der Waals surface area contributed by atoms with Crippen LogP contribution in [0.5, 0.6) is 0 Å². The molecule has 3 aromatic rings.